The highest BCUT2D eigenvalue weighted by Crippen LogP contribution is 2.22. The van der Waals surface area contributed by atoms with Crippen molar-refractivity contribution in [3.63, 3.8) is 0 Å². The average molecular weight is 309 g/mol. The summed E-state index contributed by atoms with van der Waals surface area (Å²) in [5.41, 5.74) is 11.1. The zero-order valence-electron chi connectivity index (χ0n) is 12.1. The number of para-hydroxylation sites is 1. The van der Waals surface area contributed by atoms with Gasteiger partial charge in [-0.3, -0.25) is 0 Å². The van der Waals surface area contributed by atoms with Crippen molar-refractivity contribution in [2.75, 3.05) is 5.43 Å². The first kappa shape index (κ1) is 14.6. The van der Waals surface area contributed by atoms with Crippen LogP contribution in [-0.2, 0) is 6.54 Å². The maximum atomic E-state index is 5.94. The number of hydrogen-bond acceptors (Lipinski definition) is 2. The maximum absolute atomic E-state index is 5.94. The molecule has 3 heteroatoms. The summed E-state index contributed by atoms with van der Waals surface area (Å²) in [5.74, 6) is 0. The van der Waals surface area contributed by atoms with Crippen LogP contribution in [0.3, 0.4) is 0 Å². The SMILES string of the molecule is Clc1ccc(-c2cccc(CNNc3ccccc3)c2)cc1. The number of halogens is 1. The van der Waals surface area contributed by atoms with Gasteiger partial charge in [-0.05, 0) is 47.0 Å². The molecule has 22 heavy (non-hydrogen) atoms. The number of nitrogens with one attached hydrogen (secondary N) is 2. The molecule has 0 heterocycles. The molecule has 0 amide bonds. The molecule has 3 aromatic rings. The summed E-state index contributed by atoms with van der Waals surface area (Å²) >= 11 is 5.94. The molecule has 2 nitrogen and oxygen atoms in total. The molecule has 0 atom stereocenters. The van der Waals surface area contributed by atoms with E-state index in [9.17, 15) is 0 Å². The predicted octanol–water partition coefficient (Wildman–Crippen LogP) is 5.12. The molecule has 0 fully saturated rings. The van der Waals surface area contributed by atoms with E-state index in [2.05, 4.69) is 35.1 Å². The van der Waals surface area contributed by atoms with E-state index in [0.717, 1.165) is 17.3 Å². The lowest BCUT2D eigenvalue weighted by molar-refractivity contribution is 0.802. The van der Waals surface area contributed by atoms with Crippen LogP contribution in [0, 0.1) is 0 Å². The number of benzene rings is 3. The smallest absolute Gasteiger partial charge is 0.0487 e. The molecular formula is C19H17ClN2. The molecule has 3 rings (SSSR count). The molecule has 0 spiro atoms. The van der Waals surface area contributed by atoms with Gasteiger partial charge in [-0.25, -0.2) is 5.43 Å². The summed E-state index contributed by atoms with van der Waals surface area (Å²) in [6, 6.07) is 26.4. The minimum Gasteiger partial charge on any atom is -0.321 e. The molecule has 0 bridgehead atoms. The standard InChI is InChI=1S/C19H17ClN2/c20-18-11-9-16(10-12-18)17-6-4-5-15(13-17)14-21-22-19-7-2-1-3-8-19/h1-13,21-22H,14H2. The summed E-state index contributed by atoms with van der Waals surface area (Å²) in [6.07, 6.45) is 0. The molecule has 0 unspecified atom stereocenters. The Hall–Kier alpha value is -2.29. The van der Waals surface area contributed by atoms with Crippen LogP contribution in [0.25, 0.3) is 11.1 Å². The lowest BCUT2D eigenvalue weighted by Gasteiger charge is -2.09. The quantitative estimate of drug-likeness (QED) is 0.639. The first-order valence-corrected chi connectivity index (χ1v) is 7.58. The molecule has 0 aliphatic carbocycles. The predicted molar refractivity (Wildman–Crippen MR) is 93.8 cm³/mol. The van der Waals surface area contributed by atoms with Gasteiger partial charge in [0, 0.05) is 17.3 Å². The van der Waals surface area contributed by atoms with Gasteiger partial charge in [-0.1, -0.05) is 60.1 Å². The Labute approximate surface area is 135 Å². The monoisotopic (exact) mass is 308 g/mol. The van der Waals surface area contributed by atoms with E-state index < -0.39 is 0 Å². The zero-order chi connectivity index (χ0) is 15.2. The molecular weight excluding hydrogens is 292 g/mol. The molecule has 0 aromatic heterocycles. The number of hydrogen-bond donors (Lipinski definition) is 2. The minimum atomic E-state index is 0.746. The fourth-order valence-electron chi connectivity index (χ4n) is 2.27. The van der Waals surface area contributed by atoms with Crippen LogP contribution in [0.4, 0.5) is 5.69 Å². The third kappa shape index (κ3) is 3.88. The second-order valence-corrected chi connectivity index (χ2v) is 5.49. The Bertz CT molecular complexity index is 724. The summed E-state index contributed by atoms with van der Waals surface area (Å²) in [4.78, 5) is 0. The molecule has 3 aromatic carbocycles. The van der Waals surface area contributed by atoms with Crippen LogP contribution in [-0.4, -0.2) is 0 Å². The highest BCUT2D eigenvalue weighted by atomic mass is 35.5. The van der Waals surface area contributed by atoms with Crippen LogP contribution in [0.1, 0.15) is 5.56 Å². The Balaban J connectivity index is 1.65. The van der Waals surface area contributed by atoms with Crippen molar-refractivity contribution in [3.8, 4) is 11.1 Å². The van der Waals surface area contributed by atoms with Crippen molar-refractivity contribution in [3.05, 3.63) is 89.4 Å². The molecule has 0 aliphatic heterocycles. The van der Waals surface area contributed by atoms with Crippen molar-refractivity contribution in [2.45, 2.75) is 6.54 Å². The van der Waals surface area contributed by atoms with Gasteiger partial charge in [-0.2, -0.15) is 0 Å². The van der Waals surface area contributed by atoms with Gasteiger partial charge in [0.2, 0.25) is 0 Å². The van der Waals surface area contributed by atoms with E-state index in [0.29, 0.717) is 0 Å². The number of rotatable bonds is 5. The van der Waals surface area contributed by atoms with Gasteiger partial charge in [-0.15, -0.1) is 0 Å². The molecule has 2 N–H and O–H groups in total. The summed E-state index contributed by atoms with van der Waals surface area (Å²) < 4.78 is 0. The molecule has 0 saturated carbocycles. The van der Waals surface area contributed by atoms with E-state index in [1.807, 2.05) is 54.6 Å². The summed E-state index contributed by atoms with van der Waals surface area (Å²) in [6.45, 7) is 0.746. The molecule has 0 radical (unpaired) electrons. The average Bonchev–Trinajstić information content (AvgIpc) is 2.57. The van der Waals surface area contributed by atoms with Gasteiger partial charge in [0.15, 0.2) is 0 Å². The Kier molecular flexibility index (Phi) is 4.74. The zero-order valence-corrected chi connectivity index (χ0v) is 12.8. The first-order chi connectivity index (χ1) is 10.8. The second-order valence-electron chi connectivity index (χ2n) is 5.05. The molecule has 0 saturated heterocycles. The van der Waals surface area contributed by atoms with E-state index >= 15 is 0 Å². The van der Waals surface area contributed by atoms with Crippen molar-refractivity contribution in [1.29, 1.82) is 0 Å². The second kappa shape index (κ2) is 7.12. The lowest BCUT2D eigenvalue weighted by atomic mass is 10.0. The third-order valence-electron chi connectivity index (χ3n) is 3.40. The van der Waals surface area contributed by atoms with Crippen molar-refractivity contribution in [1.82, 2.24) is 5.43 Å². The van der Waals surface area contributed by atoms with Crippen molar-refractivity contribution in [2.24, 2.45) is 0 Å². The van der Waals surface area contributed by atoms with Crippen LogP contribution >= 0.6 is 11.6 Å². The highest BCUT2D eigenvalue weighted by Gasteiger charge is 2.00. The van der Waals surface area contributed by atoms with Gasteiger partial charge in [0.05, 0.1) is 0 Å². The van der Waals surface area contributed by atoms with Crippen LogP contribution in [0.15, 0.2) is 78.9 Å². The Morgan fingerprint density at radius 2 is 1.50 bits per heavy atom. The van der Waals surface area contributed by atoms with Crippen molar-refractivity contribution >= 4 is 17.3 Å². The maximum Gasteiger partial charge on any atom is 0.0487 e. The summed E-state index contributed by atoms with van der Waals surface area (Å²) in [7, 11) is 0. The fraction of sp³-hybridized carbons (Fsp3) is 0.0526. The molecule has 110 valence electrons. The van der Waals surface area contributed by atoms with E-state index in [1.54, 1.807) is 0 Å². The number of hydrazine groups is 1. The van der Waals surface area contributed by atoms with Gasteiger partial charge >= 0.3 is 0 Å². The minimum absolute atomic E-state index is 0.746. The van der Waals surface area contributed by atoms with E-state index in [-0.39, 0.29) is 0 Å². The van der Waals surface area contributed by atoms with Gasteiger partial charge in [0.1, 0.15) is 0 Å². The Morgan fingerprint density at radius 1 is 0.727 bits per heavy atom. The number of anilines is 1. The fourth-order valence-corrected chi connectivity index (χ4v) is 2.40. The van der Waals surface area contributed by atoms with Crippen LogP contribution in [0.5, 0.6) is 0 Å². The lowest BCUT2D eigenvalue weighted by Crippen LogP contribution is -2.20. The third-order valence-corrected chi connectivity index (χ3v) is 3.66. The highest BCUT2D eigenvalue weighted by molar-refractivity contribution is 6.30. The van der Waals surface area contributed by atoms with E-state index in [1.165, 1.54) is 16.7 Å². The van der Waals surface area contributed by atoms with Crippen LogP contribution in [0.2, 0.25) is 5.02 Å². The van der Waals surface area contributed by atoms with Gasteiger partial charge in [0.25, 0.3) is 0 Å². The molecule has 0 aliphatic rings. The van der Waals surface area contributed by atoms with E-state index in [4.69, 9.17) is 11.6 Å². The summed E-state index contributed by atoms with van der Waals surface area (Å²) in [5, 5.41) is 0.758. The van der Waals surface area contributed by atoms with Gasteiger partial charge < -0.3 is 5.43 Å². The first-order valence-electron chi connectivity index (χ1n) is 7.20. The Morgan fingerprint density at radius 3 is 2.27 bits per heavy atom. The van der Waals surface area contributed by atoms with Crippen LogP contribution < -0.4 is 10.9 Å². The van der Waals surface area contributed by atoms with Crippen molar-refractivity contribution < 1.29 is 0 Å². The topological polar surface area (TPSA) is 24.1 Å². The largest absolute Gasteiger partial charge is 0.321 e. The normalized spacial score (nSPS) is 10.4.